The van der Waals surface area contributed by atoms with Gasteiger partial charge in [0.2, 0.25) is 0 Å². The Morgan fingerprint density at radius 1 is 1.17 bits per heavy atom. The lowest BCUT2D eigenvalue weighted by molar-refractivity contribution is -0.137. The lowest BCUT2D eigenvalue weighted by Gasteiger charge is -2.14. The highest BCUT2D eigenvalue weighted by Gasteiger charge is 2.31. The molecule has 2 aromatic rings. The third-order valence-corrected chi connectivity index (χ3v) is 3.76. The van der Waals surface area contributed by atoms with Crippen molar-refractivity contribution in [3.05, 3.63) is 57.1 Å². The minimum Gasteiger partial charge on any atom is -0.496 e. The van der Waals surface area contributed by atoms with Gasteiger partial charge >= 0.3 is 6.18 Å². The molecule has 2 rings (SSSR count). The van der Waals surface area contributed by atoms with E-state index in [9.17, 15) is 18.0 Å². The lowest BCUT2D eigenvalue weighted by atomic mass is 10.1. The molecule has 0 saturated heterocycles. The summed E-state index contributed by atoms with van der Waals surface area (Å²) >= 11 is 11.8. The van der Waals surface area contributed by atoms with Gasteiger partial charge in [0, 0.05) is 5.02 Å². The zero-order chi connectivity index (χ0) is 18.1. The highest BCUT2D eigenvalue weighted by Crippen LogP contribution is 2.34. The van der Waals surface area contributed by atoms with Crippen molar-refractivity contribution in [2.24, 2.45) is 0 Å². The van der Waals surface area contributed by atoms with Crippen LogP contribution in [0.1, 0.15) is 21.5 Å². The zero-order valence-corrected chi connectivity index (χ0v) is 14.1. The second-order valence-corrected chi connectivity index (χ2v) is 5.79. The molecule has 0 aliphatic carbocycles. The number of nitrogens with one attached hydrogen (secondary N) is 1. The van der Waals surface area contributed by atoms with Crippen LogP contribution in [0.3, 0.4) is 0 Å². The van der Waals surface area contributed by atoms with Gasteiger partial charge in [0.05, 0.1) is 28.9 Å². The topological polar surface area (TPSA) is 38.3 Å². The Balaban J connectivity index is 2.34. The number of methoxy groups -OCH3 is 1. The van der Waals surface area contributed by atoms with Crippen molar-refractivity contribution in [3.8, 4) is 5.75 Å². The Bertz CT molecular complexity index is 792. The van der Waals surface area contributed by atoms with Crippen molar-refractivity contribution in [1.29, 1.82) is 0 Å². The summed E-state index contributed by atoms with van der Waals surface area (Å²) in [6, 6.07) is 5.70. The number of alkyl halides is 3. The van der Waals surface area contributed by atoms with Crippen LogP contribution in [0.2, 0.25) is 10.0 Å². The van der Waals surface area contributed by atoms with Gasteiger partial charge in [-0.25, -0.2) is 0 Å². The van der Waals surface area contributed by atoms with E-state index in [1.807, 2.05) is 0 Å². The fourth-order valence-electron chi connectivity index (χ4n) is 2.15. The van der Waals surface area contributed by atoms with E-state index in [1.165, 1.54) is 13.2 Å². The Hall–Kier alpha value is -1.92. The van der Waals surface area contributed by atoms with Crippen LogP contribution >= 0.6 is 23.2 Å². The molecule has 0 aromatic heterocycles. The Morgan fingerprint density at radius 3 is 2.38 bits per heavy atom. The maximum absolute atomic E-state index is 12.6. The highest BCUT2D eigenvalue weighted by molar-refractivity contribution is 6.34. The van der Waals surface area contributed by atoms with Gasteiger partial charge in [0.15, 0.2) is 0 Å². The number of ether oxygens (including phenoxy) is 1. The van der Waals surface area contributed by atoms with Crippen LogP contribution in [0.15, 0.2) is 30.3 Å². The summed E-state index contributed by atoms with van der Waals surface area (Å²) in [7, 11) is 1.40. The van der Waals surface area contributed by atoms with E-state index in [0.717, 1.165) is 18.2 Å². The molecule has 0 bridgehead atoms. The number of amides is 1. The maximum atomic E-state index is 12.6. The molecule has 128 valence electrons. The first-order chi connectivity index (χ1) is 11.1. The number of carbonyl (C=O) groups is 1. The second-order valence-electron chi connectivity index (χ2n) is 4.95. The molecule has 0 heterocycles. The van der Waals surface area contributed by atoms with Crippen LogP contribution in [-0.4, -0.2) is 13.0 Å². The molecule has 1 amide bonds. The smallest absolute Gasteiger partial charge is 0.416 e. The third kappa shape index (κ3) is 3.94. The van der Waals surface area contributed by atoms with Crippen molar-refractivity contribution in [2.45, 2.75) is 13.1 Å². The minimum atomic E-state index is -4.51. The summed E-state index contributed by atoms with van der Waals surface area (Å²) in [5.41, 5.74) is -0.0526. The van der Waals surface area contributed by atoms with Crippen molar-refractivity contribution in [1.82, 2.24) is 0 Å². The summed E-state index contributed by atoms with van der Waals surface area (Å²) < 4.78 is 43.1. The minimum absolute atomic E-state index is 0.0503. The molecule has 0 saturated carbocycles. The molecular weight excluding hydrogens is 366 g/mol. The van der Waals surface area contributed by atoms with E-state index < -0.39 is 17.6 Å². The summed E-state index contributed by atoms with van der Waals surface area (Å²) in [5.74, 6) is -0.279. The fourth-order valence-corrected chi connectivity index (χ4v) is 2.65. The summed E-state index contributed by atoms with van der Waals surface area (Å²) in [6.45, 7) is 1.71. The monoisotopic (exact) mass is 377 g/mol. The van der Waals surface area contributed by atoms with Gasteiger partial charge in [-0.15, -0.1) is 0 Å². The van der Waals surface area contributed by atoms with E-state index in [2.05, 4.69) is 5.32 Å². The number of halogens is 5. The summed E-state index contributed by atoms with van der Waals surface area (Å²) in [6.07, 6.45) is -4.51. The van der Waals surface area contributed by atoms with E-state index in [1.54, 1.807) is 13.0 Å². The number of benzene rings is 2. The van der Waals surface area contributed by atoms with E-state index in [4.69, 9.17) is 27.9 Å². The first kappa shape index (κ1) is 18.4. The largest absolute Gasteiger partial charge is 0.496 e. The molecule has 1 N–H and O–H groups in total. The molecule has 8 heteroatoms. The number of anilines is 1. The Kier molecular flexibility index (Phi) is 5.30. The van der Waals surface area contributed by atoms with Crippen LogP contribution in [-0.2, 0) is 6.18 Å². The molecule has 0 spiro atoms. The predicted molar refractivity (Wildman–Crippen MR) is 87.1 cm³/mol. The predicted octanol–water partition coefficient (Wildman–Crippen LogP) is 5.58. The maximum Gasteiger partial charge on any atom is 0.416 e. The number of rotatable bonds is 3. The molecule has 0 unspecified atom stereocenters. The Labute approximate surface area is 146 Å². The fraction of sp³-hybridized carbons (Fsp3) is 0.188. The van der Waals surface area contributed by atoms with Gasteiger partial charge in [0.1, 0.15) is 5.75 Å². The molecule has 0 fully saturated rings. The molecule has 0 aliphatic rings. The SMILES string of the molecule is COc1c(C)cc(Cl)cc1C(=O)Nc1ccc(C(F)(F)F)cc1Cl. The standard InChI is InChI=1S/C16H12Cl2F3NO2/c1-8-5-10(17)7-11(14(8)24-2)15(23)22-13-4-3-9(6-12(13)18)16(19,20)21/h3-7H,1-2H3,(H,22,23). The van der Waals surface area contributed by atoms with Crippen molar-refractivity contribution in [2.75, 3.05) is 12.4 Å². The summed E-state index contributed by atoms with van der Waals surface area (Å²) in [5, 5.41) is 2.56. The molecule has 0 atom stereocenters. The molecule has 3 nitrogen and oxygen atoms in total. The van der Waals surface area contributed by atoms with Crippen LogP contribution in [0.4, 0.5) is 18.9 Å². The van der Waals surface area contributed by atoms with E-state index in [0.29, 0.717) is 16.3 Å². The van der Waals surface area contributed by atoms with Crippen LogP contribution in [0.5, 0.6) is 5.75 Å². The number of hydrogen-bond donors (Lipinski definition) is 1. The first-order valence-corrected chi connectivity index (χ1v) is 7.41. The van der Waals surface area contributed by atoms with Crippen LogP contribution < -0.4 is 10.1 Å². The number of carbonyl (C=O) groups excluding carboxylic acids is 1. The molecular formula is C16H12Cl2F3NO2. The van der Waals surface area contributed by atoms with Gasteiger partial charge in [0.25, 0.3) is 5.91 Å². The van der Waals surface area contributed by atoms with Gasteiger partial charge in [-0.3, -0.25) is 4.79 Å². The average Bonchev–Trinajstić information content (AvgIpc) is 2.47. The third-order valence-electron chi connectivity index (χ3n) is 3.23. The van der Waals surface area contributed by atoms with Crippen molar-refractivity contribution >= 4 is 34.8 Å². The summed E-state index contributed by atoms with van der Waals surface area (Å²) in [4.78, 5) is 12.4. The molecule has 0 aliphatic heterocycles. The zero-order valence-electron chi connectivity index (χ0n) is 12.6. The average molecular weight is 378 g/mol. The molecule has 0 radical (unpaired) electrons. The normalized spacial score (nSPS) is 11.3. The van der Waals surface area contributed by atoms with Crippen molar-refractivity contribution in [3.63, 3.8) is 0 Å². The quantitative estimate of drug-likeness (QED) is 0.757. The highest BCUT2D eigenvalue weighted by atomic mass is 35.5. The molecule has 2 aromatic carbocycles. The Morgan fingerprint density at radius 2 is 1.83 bits per heavy atom. The number of hydrogen-bond acceptors (Lipinski definition) is 2. The second kappa shape index (κ2) is 6.91. The van der Waals surface area contributed by atoms with Gasteiger partial charge in [-0.05, 0) is 42.8 Å². The van der Waals surface area contributed by atoms with Crippen LogP contribution in [0.25, 0.3) is 0 Å². The van der Waals surface area contributed by atoms with E-state index >= 15 is 0 Å². The lowest BCUT2D eigenvalue weighted by Crippen LogP contribution is -2.14. The van der Waals surface area contributed by atoms with Gasteiger partial charge in [-0.1, -0.05) is 23.2 Å². The van der Waals surface area contributed by atoms with Gasteiger partial charge < -0.3 is 10.1 Å². The van der Waals surface area contributed by atoms with Crippen LogP contribution in [0, 0.1) is 6.92 Å². The van der Waals surface area contributed by atoms with Gasteiger partial charge in [-0.2, -0.15) is 13.2 Å². The first-order valence-electron chi connectivity index (χ1n) is 6.65. The molecule has 24 heavy (non-hydrogen) atoms. The van der Waals surface area contributed by atoms with Crippen molar-refractivity contribution < 1.29 is 22.7 Å². The number of aryl methyl sites for hydroxylation is 1. The van der Waals surface area contributed by atoms with E-state index in [-0.39, 0.29) is 16.3 Å².